The average Bonchev–Trinajstić information content (AvgIpc) is 2.82. The molecule has 0 spiro atoms. The van der Waals surface area contributed by atoms with E-state index in [0.717, 1.165) is 26.2 Å². The number of piperazine rings is 1. The maximum Gasteiger partial charge on any atom is 0.248 e. The number of amides is 1. The van der Waals surface area contributed by atoms with Gasteiger partial charge in [-0.2, -0.15) is 0 Å². The van der Waals surface area contributed by atoms with Crippen molar-refractivity contribution in [3.05, 3.63) is 45.5 Å². The zero-order valence-corrected chi connectivity index (χ0v) is 21.5. The van der Waals surface area contributed by atoms with Crippen molar-refractivity contribution in [3.63, 3.8) is 0 Å². The van der Waals surface area contributed by atoms with Crippen LogP contribution >= 0.6 is 0 Å². The number of nitrogens with zero attached hydrogens (tertiary/aromatic N) is 3. The van der Waals surface area contributed by atoms with Gasteiger partial charge in [0.25, 0.3) is 0 Å². The summed E-state index contributed by atoms with van der Waals surface area (Å²) in [6, 6.07) is 0.756. The first-order chi connectivity index (χ1) is 17.5. The van der Waals surface area contributed by atoms with Gasteiger partial charge in [-0.25, -0.2) is 4.39 Å². The maximum atomic E-state index is 15.9. The first-order valence-electron chi connectivity index (χ1n) is 12.8. The number of phenolic OH excluding ortho intramolecular Hbond substituents is 1. The Bertz CT molecular complexity index is 1220. The fourth-order valence-electron chi connectivity index (χ4n) is 6.81. The lowest BCUT2D eigenvalue weighted by Crippen LogP contribution is -2.52. The first-order valence-corrected chi connectivity index (χ1v) is 12.8. The van der Waals surface area contributed by atoms with Gasteiger partial charge < -0.3 is 26.0 Å². The van der Waals surface area contributed by atoms with Crippen molar-refractivity contribution in [2.75, 3.05) is 47.3 Å². The zero-order chi connectivity index (χ0) is 26.8. The van der Waals surface area contributed by atoms with Crippen LogP contribution in [0.15, 0.2) is 23.0 Å². The number of ketones is 1. The number of halogens is 1. The standard InChI is InChI=1S/C27H35FN4O5/c1-30(2)23-15-8-13-9-17-21(19(33)10-14(22(17)28)12-32-6-4-31(3)5-7-32)26(36)20(13)24(34)16(15)11-18(25(23)35)27(29)37/h10,13,15-16,23,33,35-36H,4-9,11-12H2,1-3H3,(H2,29,37)/t13-,15-,16?,23+/m1/s1. The number of hydrogen-bond donors (Lipinski definition) is 4. The van der Waals surface area contributed by atoms with E-state index in [0.29, 0.717) is 18.5 Å². The number of fused-ring (bicyclic) bond motifs is 3. The van der Waals surface area contributed by atoms with E-state index in [9.17, 15) is 24.9 Å². The van der Waals surface area contributed by atoms with Crippen LogP contribution in [0.1, 0.15) is 29.5 Å². The molecule has 37 heavy (non-hydrogen) atoms. The predicted molar refractivity (Wildman–Crippen MR) is 135 cm³/mol. The first kappa shape index (κ1) is 25.7. The van der Waals surface area contributed by atoms with Gasteiger partial charge in [-0.15, -0.1) is 0 Å². The summed E-state index contributed by atoms with van der Waals surface area (Å²) >= 11 is 0. The number of allylic oxidation sites excluding steroid dienone is 1. The summed E-state index contributed by atoms with van der Waals surface area (Å²) in [6.07, 6.45) is 0.555. The van der Waals surface area contributed by atoms with Crippen molar-refractivity contribution in [1.82, 2.24) is 14.7 Å². The molecule has 2 fully saturated rings. The lowest BCUT2D eigenvalue weighted by Gasteiger charge is -2.47. The highest BCUT2D eigenvalue weighted by atomic mass is 19.1. The summed E-state index contributed by atoms with van der Waals surface area (Å²) in [7, 11) is 5.56. The summed E-state index contributed by atoms with van der Waals surface area (Å²) < 4.78 is 15.9. The van der Waals surface area contributed by atoms with Crippen molar-refractivity contribution in [3.8, 4) is 5.75 Å². The molecule has 4 aliphatic rings. The van der Waals surface area contributed by atoms with Gasteiger partial charge in [-0.3, -0.25) is 19.4 Å². The van der Waals surface area contributed by atoms with Gasteiger partial charge in [-0.05, 0) is 58.3 Å². The van der Waals surface area contributed by atoms with Gasteiger partial charge in [0.1, 0.15) is 23.1 Å². The van der Waals surface area contributed by atoms with E-state index in [1.165, 1.54) is 6.07 Å². The second-order valence-electron chi connectivity index (χ2n) is 11.2. The van der Waals surface area contributed by atoms with Gasteiger partial charge in [-0.1, -0.05) is 0 Å². The van der Waals surface area contributed by atoms with Crippen molar-refractivity contribution >= 4 is 17.4 Å². The topological polar surface area (TPSA) is 131 Å². The molecule has 3 aliphatic carbocycles. The third-order valence-electron chi connectivity index (χ3n) is 8.70. The van der Waals surface area contributed by atoms with Gasteiger partial charge in [0, 0.05) is 55.3 Å². The summed E-state index contributed by atoms with van der Waals surface area (Å²) in [6.45, 7) is 3.69. The number of aliphatic hydroxyl groups is 2. The molecule has 4 atom stereocenters. The molecule has 10 heteroatoms. The van der Waals surface area contributed by atoms with Gasteiger partial charge in [0.15, 0.2) is 5.78 Å². The average molecular weight is 515 g/mol. The Morgan fingerprint density at radius 2 is 1.84 bits per heavy atom. The van der Waals surface area contributed by atoms with E-state index in [2.05, 4.69) is 9.80 Å². The highest BCUT2D eigenvalue weighted by Crippen LogP contribution is 2.51. The molecule has 1 aliphatic heterocycles. The summed E-state index contributed by atoms with van der Waals surface area (Å²) in [5, 5.41) is 32.9. The largest absolute Gasteiger partial charge is 0.510 e. The second-order valence-corrected chi connectivity index (χ2v) is 11.2. The molecule has 200 valence electrons. The minimum absolute atomic E-state index is 0.0182. The number of carbonyl (C=O) groups is 2. The normalized spacial score (nSPS) is 28.8. The van der Waals surface area contributed by atoms with Crippen LogP contribution in [-0.2, 0) is 22.6 Å². The molecular weight excluding hydrogens is 479 g/mol. The van der Waals surface area contributed by atoms with Gasteiger partial charge in [0.05, 0.1) is 17.2 Å². The highest BCUT2D eigenvalue weighted by Gasteiger charge is 2.52. The Kier molecular flexibility index (Phi) is 6.54. The van der Waals surface area contributed by atoms with Crippen LogP contribution in [-0.4, -0.2) is 95.1 Å². The number of primary amides is 1. The molecule has 5 N–H and O–H groups in total. The Morgan fingerprint density at radius 1 is 1.16 bits per heavy atom. The molecule has 1 aromatic carbocycles. The van der Waals surface area contributed by atoms with Crippen LogP contribution in [0.4, 0.5) is 4.39 Å². The van der Waals surface area contributed by atoms with Crippen LogP contribution in [0, 0.1) is 23.6 Å². The van der Waals surface area contributed by atoms with Crippen molar-refractivity contribution in [2.24, 2.45) is 23.5 Å². The minimum atomic E-state index is -0.780. The lowest BCUT2D eigenvalue weighted by atomic mass is 9.60. The zero-order valence-electron chi connectivity index (χ0n) is 21.5. The molecular formula is C27H35FN4O5. The van der Waals surface area contributed by atoms with Gasteiger partial charge >= 0.3 is 0 Å². The van der Waals surface area contributed by atoms with Crippen LogP contribution in [0.25, 0.3) is 5.76 Å². The minimum Gasteiger partial charge on any atom is -0.510 e. The van der Waals surface area contributed by atoms with E-state index in [-0.39, 0.29) is 58.3 Å². The number of nitrogens with two attached hydrogens (primary N) is 1. The molecule has 0 radical (unpaired) electrons. The number of rotatable bonds is 4. The van der Waals surface area contributed by atoms with Crippen LogP contribution in [0.2, 0.25) is 0 Å². The molecule has 5 rings (SSSR count). The number of benzene rings is 1. The fourth-order valence-corrected chi connectivity index (χ4v) is 6.81. The molecule has 9 nitrogen and oxygen atoms in total. The van der Waals surface area contributed by atoms with Crippen molar-refractivity contribution in [2.45, 2.75) is 31.8 Å². The number of aliphatic hydroxyl groups excluding tert-OH is 2. The quantitative estimate of drug-likeness (QED) is 0.476. The molecule has 0 aromatic heterocycles. The fraction of sp³-hybridized carbons (Fsp3) is 0.556. The summed E-state index contributed by atoms with van der Waals surface area (Å²) in [5.74, 6) is -3.82. The molecule has 1 saturated heterocycles. The number of hydrogen-bond acceptors (Lipinski definition) is 8. The predicted octanol–water partition coefficient (Wildman–Crippen LogP) is 1.56. The van der Waals surface area contributed by atoms with Crippen molar-refractivity contribution in [1.29, 1.82) is 0 Å². The van der Waals surface area contributed by atoms with Crippen LogP contribution in [0.5, 0.6) is 5.75 Å². The SMILES string of the molecule is CN1CCN(Cc2cc(O)c3c(c2F)C[C@H]2C[C@@H]4C(CC(C(N)=O)=C(O)[C@H]4N(C)C)C(=O)C2=C3O)CC1. The third-order valence-corrected chi connectivity index (χ3v) is 8.70. The molecule has 1 amide bonds. The Balaban J connectivity index is 1.53. The number of carbonyl (C=O) groups excluding carboxylic acids is 2. The van der Waals surface area contributed by atoms with E-state index >= 15 is 4.39 Å². The van der Waals surface area contributed by atoms with Crippen molar-refractivity contribution < 1.29 is 29.3 Å². The van der Waals surface area contributed by atoms with E-state index in [1.807, 2.05) is 7.05 Å². The highest BCUT2D eigenvalue weighted by molar-refractivity contribution is 6.06. The molecule has 1 aromatic rings. The molecule has 1 unspecified atom stereocenters. The molecule has 0 bridgehead atoms. The summed E-state index contributed by atoms with van der Waals surface area (Å²) in [5.41, 5.74) is 6.25. The number of aromatic hydroxyl groups is 1. The monoisotopic (exact) mass is 514 g/mol. The van der Waals surface area contributed by atoms with Gasteiger partial charge in [0.2, 0.25) is 5.91 Å². The van der Waals surface area contributed by atoms with E-state index < -0.39 is 35.4 Å². The van der Waals surface area contributed by atoms with E-state index in [1.54, 1.807) is 19.0 Å². The van der Waals surface area contributed by atoms with E-state index in [4.69, 9.17) is 5.73 Å². The van der Waals surface area contributed by atoms with Crippen LogP contribution < -0.4 is 5.73 Å². The molecule has 1 heterocycles. The second kappa shape index (κ2) is 9.41. The number of phenols is 1. The number of likely N-dealkylation sites (N-methyl/N-ethyl adjacent to an activating group) is 2. The Morgan fingerprint density at radius 3 is 2.46 bits per heavy atom. The Hall–Kier alpha value is -2.95. The maximum absolute atomic E-state index is 15.9. The molecule has 1 saturated carbocycles. The summed E-state index contributed by atoms with van der Waals surface area (Å²) in [4.78, 5) is 31.9. The Labute approximate surface area is 215 Å². The van der Waals surface area contributed by atoms with Crippen LogP contribution in [0.3, 0.4) is 0 Å². The third kappa shape index (κ3) is 4.20. The number of Topliss-reactive ketones (excluding diaryl/α,β-unsaturated/α-hetero) is 1. The lowest BCUT2D eigenvalue weighted by molar-refractivity contribution is -0.125. The smallest absolute Gasteiger partial charge is 0.248 e.